The minimum Gasteiger partial charge on any atom is -0.512 e. The van der Waals surface area contributed by atoms with Crippen molar-refractivity contribution >= 4 is 0 Å². The minimum atomic E-state index is -0.361. The van der Waals surface area contributed by atoms with Crippen molar-refractivity contribution in [1.82, 2.24) is 0 Å². The number of rotatable bonds is 2. The average molecular weight is 457 g/mol. The van der Waals surface area contributed by atoms with Crippen LogP contribution in [-0.4, -0.2) is 10.2 Å². The van der Waals surface area contributed by atoms with E-state index in [0.717, 1.165) is 12.8 Å². The molecule has 0 bridgehead atoms. The number of hydrogen-bond acceptors (Lipinski definition) is 2. The molecular weight excluding hydrogens is 404 g/mol. The van der Waals surface area contributed by atoms with E-state index in [-0.39, 0.29) is 37.9 Å². The minimum absolute atomic E-state index is 0.110. The maximum atomic E-state index is 11.3. The van der Waals surface area contributed by atoms with Crippen molar-refractivity contribution < 1.29 is 10.2 Å². The molecule has 0 spiro atoms. The van der Waals surface area contributed by atoms with E-state index in [1.165, 1.54) is 11.1 Å². The highest BCUT2D eigenvalue weighted by molar-refractivity contribution is 5.43. The third kappa shape index (κ3) is 4.04. The zero-order valence-corrected chi connectivity index (χ0v) is 24.1. The van der Waals surface area contributed by atoms with Gasteiger partial charge in [-0.15, -0.1) is 0 Å². The number of aliphatic hydroxyl groups excluding tert-OH is 2. The van der Waals surface area contributed by atoms with Gasteiger partial charge in [-0.1, -0.05) is 120 Å². The molecule has 0 heterocycles. The highest BCUT2D eigenvalue weighted by Crippen LogP contribution is 2.65. The van der Waals surface area contributed by atoms with Crippen LogP contribution in [0.3, 0.4) is 0 Å². The Hall–Kier alpha value is -1.44. The molecule has 2 rings (SSSR count). The van der Waals surface area contributed by atoms with Crippen molar-refractivity contribution in [3.8, 4) is 0 Å². The van der Waals surface area contributed by atoms with Gasteiger partial charge in [0.25, 0.3) is 0 Å². The van der Waals surface area contributed by atoms with Gasteiger partial charge >= 0.3 is 0 Å². The van der Waals surface area contributed by atoms with Crippen molar-refractivity contribution in [1.29, 1.82) is 0 Å². The van der Waals surface area contributed by atoms with Gasteiger partial charge in [0.15, 0.2) is 0 Å². The molecule has 0 saturated heterocycles. The van der Waals surface area contributed by atoms with E-state index in [1.54, 1.807) is 0 Å². The smallest absolute Gasteiger partial charge is 0.0997 e. The number of hydrogen-bond donors (Lipinski definition) is 2. The summed E-state index contributed by atoms with van der Waals surface area (Å²) in [6, 6.07) is 0. The van der Waals surface area contributed by atoms with Crippen LogP contribution < -0.4 is 0 Å². The largest absolute Gasteiger partial charge is 0.512 e. The van der Waals surface area contributed by atoms with Gasteiger partial charge in [-0.2, -0.15) is 0 Å². The van der Waals surface area contributed by atoms with E-state index >= 15 is 0 Å². The number of aliphatic hydroxyl groups is 2. The van der Waals surface area contributed by atoms with Gasteiger partial charge < -0.3 is 10.2 Å². The van der Waals surface area contributed by atoms with Crippen molar-refractivity contribution in [3.05, 3.63) is 47.0 Å². The molecule has 0 saturated carbocycles. The van der Waals surface area contributed by atoms with Gasteiger partial charge in [0, 0.05) is 16.2 Å². The molecule has 0 amide bonds. The SMILES string of the molecule is CC(C)(C1=CC=C(O)C(C(C)(C)C)(C(C)(C)C)C1)C1=CC=C(O)C(C(C)(C)C)(C(C)(C)C)C1. The van der Waals surface area contributed by atoms with Crippen LogP contribution >= 0.6 is 0 Å². The molecular formula is C31H52O2. The fourth-order valence-electron chi connectivity index (χ4n) is 7.43. The first kappa shape index (κ1) is 27.8. The van der Waals surface area contributed by atoms with E-state index in [1.807, 2.05) is 12.2 Å². The monoisotopic (exact) mass is 456 g/mol. The average Bonchev–Trinajstić information content (AvgIpc) is 2.57. The van der Waals surface area contributed by atoms with Crippen LogP contribution in [0.25, 0.3) is 0 Å². The zero-order valence-electron chi connectivity index (χ0n) is 24.1. The van der Waals surface area contributed by atoms with Gasteiger partial charge in [0.05, 0.1) is 11.5 Å². The maximum Gasteiger partial charge on any atom is 0.0997 e. The summed E-state index contributed by atoms with van der Waals surface area (Å²) in [4.78, 5) is 0. The van der Waals surface area contributed by atoms with Crippen molar-refractivity contribution in [2.24, 2.45) is 37.9 Å². The topological polar surface area (TPSA) is 40.5 Å². The second-order valence-electron chi connectivity index (χ2n) is 15.3. The van der Waals surface area contributed by atoms with Crippen molar-refractivity contribution in [3.63, 3.8) is 0 Å². The summed E-state index contributed by atoms with van der Waals surface area (Å²) in [5.74, 6) is 0.992. The van der Waals surface area contributed by atoms with Gasteiger partial charge in [0.1, 0.15) is 0 Å². The van der Waals surface area contributed by atoms with E-state index in [0.29, 0.717) is 11.5 Å². The molecule has 0 atom stereocenters. The van der Waals surface area contributed by atoms with Crippen LogP contribution in [0.15, 0.2) is 47.0 Å². The second-order valence-corrected chi connectivity index (χ2v) is 15.3. The fraction of sp³-hybridized carbons (Fsp3) is 0.742. The predicted molar refractivity (Wildman–Crippen MR) is 143 cm³/mol. The Balaban J connectivity index is 2.66. The third-order valence-electron chi connectivity index (χ3n) is 9.40. The molecule has 0 aromatic rings. The molecule has 2 N–H and O–H groups in total. The molecule has 2 aliphatic carbocycles. The summed E-state index contributed by atoms with van der Waals surface area (Å²) in [5.41, 5.74) is 1.34. The Morgan fingerprint density at radius 3 is 0.939 bits per heavy atom. The molecule has 0 aliphatic heterocycles. The summed E-state index contributed by atoms with van der Waals surface area (Å²) < 4.78 is 0. The van der Waals surface area contributed by atoms with E-state index in [4.69, 9.17) is 0 Å². The second kappa shape index (κ2) is 7.79. The lowest BCUT2D eigenvalue weighted by molar-refractivity contribution is -0.0396. The van der Waals surface area contributed by atoms with Gasteiger partial charge in [-0.25, -0.2) is 0 Å². The summed E-state index contributed by atoms with van der Waals surface area (Å²) in [6.45, 7) is 31.7. The Labute approximate surface area is 205 Å². The van der Waals surface area contributed by atoms with Crippen LogP contribution in [0.1, 0.15) is 110 Å². The standard InChI is InChI=1S/C31H52O2/c1-25(2,3)30(26(4,5)6)19-21(15-17-23(30)32)29(13,14)22-16-18-24(33)31(20-22,27(7,8)9)28(10,11)12/h15-18,32-33H,19-20H2,1-14H3. The molecule has 0 aromatic carbocycles. The van der Waals surface area contributed by atoms with Crippen LogP contribution in [0.4, 0.5) is 0 Å². The quantitative estimate of drug-likeness (QED) is 0.434. The van der Waals surface area contributed by atoms with E-state index < -0.39 is 0 Å². The Morgan fingerprint density at radius 1 is 0.485 bits per heavy atom. The first-order valence-corrected chi connectivity index (χ1v) is 12.7. The lowest BCUT2D eigenvalue weighted by atomic mass is 9.46. The Bertz CT molecular complexity index is 789. The van der Waals surface area contributed by atoms with Crippen LogP contribution in [0, 0.1) is 37.9 Å². The molecule has 0 aromatic heterocycles. The van der Waals surface area contributed by atoms with Gasteiger partial charge in [0.2, 0.25) is 0 Å². The maximum absolute atomic E-state index is 11.3. The van der Waals surface area contributed by atoms with Crippen LogP contribution in [-0.2, 0) is 0 Å². The third-order valence-corrected chi connectivity index (χ3v) is 9.40. The number of allylic oxidation sites excluding steroid dienone is 8. The molecule has 2 heteroatoms. The molecule has 2 aliphatic rings. The molecule has 0 radical (unpaired) electrons. The van der Waals surface area contributed by atoms with E-state index in [9.17, 15) is 10.2 Å². The summed E-state index contributed by atoms with van der Waals surface area (Å²) in [7, 11) is 0. The first-order chi connectivity index (χ1) is 14.5. The van der Waals surface area contributed by atoms with Crippen LogP contribution in [0.2, 0.25) is 0 Å². The first-order valence-electron chi connectivity index (χ1n) is 12.7. The highest BCUT2D eigenvalue weighted by atomic mass is 16.3. The van der Waals surface area contributed by atoms with Crippen molar-refractivity contribution in [2.45, 2.75) is 110 Å². The van der Waals surface area contributed by atoms with E-state index in [2.05, 4.69) is 109 Å². The Kier molecular flexibility index (Phi) is 6.56. The van der Waals surface area contributed by atoms with Gasteiger partial charge in [-0.05, 0) is 46.7 Å². The predicted octanol–water partition coefficient (Wildman–Crippen LogP) is 9.71. The van der Waals surface area contributed by atoms with Gasteiger partial charge in [-0.3, -0.25) is 0 Å². The van der Waals surface area contributed by atoms with Crippen LogP contribution in [0.5, 0.6) is 0 Å². The summed E-state index contributed by atoms with van der Waals surface area (Å²) in [6.07, 6.45) is 9.85. The normalized spacial score (nSPS) is 22.2. The molecule has 0 fully saturated rings. The molecule has 0 unspecified atom stereocenters. The highest BCUT2D eigenvalue weighted by Gasteiger charge is 2.58. The molecule has 2 nitrogen and oxygen atoms in total. The lowest BCUT2D eigenvalue weighted by Gasteiger charge is -2.58. The van der Waals surface area contributed by atoms with Crippen molar-refractivity contribution in [2.75, 3.05) is 0 Å². The Morgan fingerprint density at radius 2 is 0.727 bits per heavy atom. The summed E-state index contributed by atoms with van der Waals surface area (Å²) >= 11 is 0. The molecule has 188 valence electrons. The fourth-order valence-corrected chi connectivity index (χ4v) is 7.43. The lowest BCUT2D eigenvalue weighted by Crippen LogP contribution is -2.51. The zero-order chi connectivity index (χ0) is 26.1. The molecule has 33 heavy (non-hydrogen) atoms. The summed E-state index contributed by atoms with van der Waals surface area (Å²) in [5, 5.41) is 22.6.